The number of piperazine rings is 1. The highest BCUT2D eigenvalue weighted by atomic mass is 19.1. The molecule has 0 aliphatic carbocycles. The average molecular weight is 251 g/mol. The Morgan fingerprint density at radius 2 is 2.17 bits per heavy atom. The van der Waals surface area contributed by atoms with Gasteiger partial charge in [-0.2, -0.15) is 0 Å². The molecule has 0 unspecified atom stereocenters. The molecule has 2 rings (SSSR count). The molecule has 18 heavy (non-hydrogen) atoms. The van der Waals surface area contributed by atoms with Crippen LogP contribution in [0.15, 0.2) is 18.2 Å². The van der Waals surface area contributed by atoms with Gasteiger partial charge in [-0.3, -0.25) is 9.69 Å². The lowest BCUT2D eigenvalue weighted by atomic mass is 10.1. The number of hydrogen-bond acceptors (Lipinski definition) is 3. The molecular weight excluding hydrogens is 233 g/mol. The first-order chi connectivity index (χ1) is 8.60. The quantitative estimate of drug-likeness (QED) is 0.854. The Morgan fingerprint density at radius 1 is 1.39 bits per heavy atom. The molecule has 1 aromatic carbocycles. The molecule has 1 aliphatic rings. The summed E-state index contributed by atoms with van der Waals surface area (Å²) in [5, 5.41) is 0. The SMILES string of the molecule is CN1CCN(Cc2ccc(F)c(CN)c2)CC1=O. The molecule has 0 aromatic heterocycles. The smallest absolute Gasteiger partial charge is 0.236 e. The van der Waals surface area contributed by atoms with Gasteiger partial charge in [-0.1, -0.05) is 12.1 Å². The van der Waals surface area contributed by atoms with Crippen LogP contribution < -0.4 is 5.73 Å². The fourth-order valence-electron chi connectivity index (χ4n) is 2.08. The minimum absolute atomic E-state index is 0.127. The lowest BCUT2D eigenvalue weighted by Crippen LogP contribution is -2.47. The van der Waals surface area contributed by atoms with Crippen molar-refractivity contribution in [1.29, 1.82) is 0 Å². The number of benzene rings is 1. The zero-order valence-corrected chi connectivity index (χ0v) is 10.5. The van der Waals surface area contributed by atoms with Crippen molar-refractivity contribution in [3.05, 3.63) is 35.1 Å². The van der Waals surface area contributed by atoms with Crippen molar-refractivity contribution in [3.8, 4) is 0 Å². The third kappa shape index (κ3) is 2.86. The van der Waals surface area contributed by atoms with E-state index in [0.717, 1.165) is 18.7 Å². The number of nitrogens with two attached hydrogens (primary N) is 1. The molecule has 1 heterocycles. The molecule has 2 N–H and O–H groups in total. The van der Waals surface area contributed by atoms with Gasteiger partial charge in [0.05, 0.1) is 6.54 Å². The number of likely N-dealkylation sites (N-methyl/N-ethyl adjacent to an activating group) is 1. The molecule has 1 fully saturated rings. The molecule has 0 saturated carbocycles. The standard InChI is InChI=1S/C13H18FN3O/c1-16-4-5-17(9-13(16)18)8-10-2-3-12(14)11(6-10)7-15/h2-3,6H,4-5,7-9,15H2,1H3. The first kappa shape index (κ1) is 13.0. The van der Waals surface area contributed by atoms with E-state index >= 15 is 0 Å². The van der Waals surface area contributed by atoms with Gasteiger partial charge in [-0.25, -0.2) is 4.39 Å². The lowest BCUT2D eigenvalue weighted by Gasteiger charge is -2.32. The van der Waals surface area contributed by atoms with E-state index < -0.39 is 0 Å². The molecule has 0 atom stereocenters. The Labute approximate surface area is 106 Å². The van der Waals surface area contributed by atoms with E-state index in [1.54, 1.807) is 17.0 Å². The highest BCUT2D eigenvalue weighted by Crippen LogP contribution is 2.13. The van der Waals surface area contributed by atoms with Crippen LogP contribution in [-0.2, 0) is 17.9 Å². The molecule has 0 radical (unpaired) electrons. The molecule has 0 spiro atoms. The summed E-state index contributed by atoms with van der Waals surface area (Å²) in [4.78, 5) is 15.4. The third-order valence-corrected chi connectivity index (χ3v) is 3.27. The van der Waals surface area contributed by atoms with Gasteiger partial charge in [-0.05, 0) is 11.6 Å². The third-order valence-electron chi connectivity index (χ3n) is 3.27. The Morgan fingerprint density at radius 3 is 2.83 bits per heavy atom. The van der Waals surface area contributed by atoms with Crippen molar-refractivity contribution in [1.82, 2.24) is 9.80 Å². The van der Waals surface area contributed by atoms with Crippen LogP contribution in [0, 0.1) is 5.82 Å². The summed E-state index contributed by atoms with van der Waals surface area (Å²) in [6.45, 7) is 2.86. The summed E-state index contributed by atoms with van der Waals surface area (Å²) < 4.78 is 13.3. The number of nitrogens with zero attached hydrogens (tertiary/aromatic N) is 2. The van der Waals surface area contributed by atoms with Crippen molar-refractivity contribution in [2.45, 2.75) is 13.1 Å². The maximum absolute atomic E-state index is 13.3. The maximum atomic E-state index is 13.3. The van der Waals surface area contributed by atoms with E-state index in [2.05, 4.69) is 4.90 Å². The second-order valence-electron chi connectivity index (χ2n) is 4.66. The molecule has 98 valence electrons. The monoisotopic (exact) mass is 251 g/mol. The number of rotatable bonds is 3. The van der Waals surface area contributed by atoms with Crippen LogP contribution in [0.2, 0.25) is 0 Å². The summed E-state index contributed by atoms with van der Waals surface area (Å²) >= 11 is 0. The highest BCUT2D eigenvalue weighted by molar-refractivity contribution is 5.78. The average Bonchev–Trinajstić information content (AvgIpc) is 2.36. The first-order valence-electron chi connectivity index (χ1n) is 6.04. The van der Waals surface area contributed by atoms with Gasteiger partial charge in [0.2, 0.25) is 5.91 Å². The molecule has 4 nitrogen and oxygen atoms in total. The summed E-state index contributed by atoms with van der Waals surface area (Å²) in [7, 11) is 1.81. The van der Waals surface area contributed by atoms with Crippen LogP contribution in [0.1, 0.15) is 11.1 Å². The summed E-state index contributed by atoms with van der Waals surface area (Å²) in [5.74, 6) is -0.141. The summed E-state index contributed by atoms with van der Waals surface area (Å²) in [5.41, 5.74) is 6.99. The van der Waals surface area contributed by atoms with Gasteiger partial charge in [-0.15, -0.1) is 0 Å². The predicted molar refractivity (Wildman–Crippen MR) is 67.2 cm³/mol. The maximum Gasteiger partial charge on any atom is 0.236 e. The number of carbonyl (C=O) groups excluding carboxylic acids is 1. The molecule has 1 aliphatic heterocycles. The normalized spacial score (nSPS) is 17.3. The van der Waals surface area contributed by atoms with Gasteiger partial charge in [0.25, 0.3) is 0 Å². The Bertz CT molecular complexity index is 450. The van der Waals surface area contributed by atoms with Crippen LogP contribution in [0.5, 0.6) is 0 Å². The minimum Gasteiger partial charge on any atom is -0.343 e. The fraction of sp³-hybridized carbons (Fsp3) is 0.462. The number of halogens is 1. The molecular formula is C13H18FN3O. The van der Waals surface area contributed by atoms with Gasteiger partial charge >= 0.3 is 0 Å². The fourth-order valence-corrected chi connectivity index (χ4v) is 2.08. The van der Waals surface area contributed by atoms with Crippen LogP contribution in [-0.4, -0.2) is 42.4 Å². The van der Waals surface area contributed by atoms with E-state index in [9.17, 15) is 9.18 Å². The Hall–Kier alpha value is -1.46. The van der Waals surface area contributed by atoms with Crippen molar-refractivity contribution >= 4 is 5.91 Å². The van der Waals surface area contributed by atoms with Gasteiger partial charge in [0.15, 0.2) is 0 Å². The number of hydrogen-bond donors (Lipinski definition) is 1. The van der Waals surface area contributed by atoms with Crippen molar-refractivity contribution in [2.24, 2.45) is 5.73 Å². The number of carbonyl (C=O) groups is 1. The highest BCUT2D eigenvalue weighted by Gasteiger charge is 2.20. The van der Waals surface area contributed by atoms with Crippen LogP contribution in [0.3, 0.4) is 0 Å². The van der Waals surface area contributed by atoms with Gasteiger partial charge in [0.1, 0.15) is 5.82 Å². The molecule has 0 bridgehead atoms. The van der Waals surface area contributed by atoms with Crippen molar-refractivity contribution in [3.63, 3.8) is 0 Å². The predicted octanol–water partition coefficient (Wildman–Crippen LogP) is 0.558. The van der Waals surface area contributed by atoms with Crippen molar-refractivity contribution < 1.29 is 9.18 Å². The van der Waals surface area contributed by atoms with E-state index in [1.165, 1.54) is 6.07 Å². The first-order valence-corrected chi connectivity index (χ1v) is 6.04. The molecule has 1 saturated heterocycles. The Kier molecular flexibility index (Phi) is 3.93. The summed E-state index contributed by atoms with van der Waals surface area (Å²) in [6, 6.07) is 4.96. The van der Waals surface area contributed by atoms with Crippen LogP contribution >= 0.6 is 0 Å². The summed E-state index contributed by atoms with van der Waals surface area (Å²) in [6.07, 6.45) is 0. The van der Waals surface area contributed by atoms with Crippen LogP contribution in [0.25, 0.3) is 0 Å². The zero-order chi connectivity index (χ0) is 13.1. The minimum atomic E-state index is -0.268. The lowest BCUT2D eigenvalue weighted by molar-refractivity contribution is -0.134. The van der Waals surface area contributed by atoms with E-state index in [-0.39, 0.29) is 18.3 Å². The second kappa shape index (κ2) is 5.46. The largest absolute Gasteiger partial charge is 0.343 e. The van der Waals surface area contributed by atoms with Crippen LogP contribution in [0.4, 0.5) is 4.39 Å². The van der Waals surface area contributed by atoms with Crippen molar-refractivity contribution in [2.75, 3.05) is 26.7 Å². The Balaban J connectivity index is 2.03. The van der Waals surface area contributed by atoms with E-state index in [0.29, 0.717) is 18.7 Å². The van der Waals surface area contributed by atoms with Gasteiger partial charge < -0.3 is 10.6 Å². The topological polar surface area (TPSA) is 49.6 Å². The number of amides is 1. The molecule has 1 amide bonds. The van der Waals surface area contributed by atoms with E-state index in [4.69, 9.17) is 5.73 Å². The van der Waals surface area contributed by atoms with E-state index in [1.807, 2.05) is 7.05 Å². The zero-order valence-electron chi connectivity index (χ0n) is 10.5. The molecule has 5 heteroatoms. The van der Waals surface area contributed by atoms with Gasteiger partial charge in [0, 0.05) is 38.8 Å². The molecule has 1 aromatic rings. The second-order valence-corrected chi connectivity index (χ2v) is 4.66.